The number of halogens is 2. The molecule has 0 radical (unpaired) electrons. The monoisotopic (exact) mass is 247 g/mol. The summed E-state index contributed by atoms with van der Waals surface area (Å²) >= 11 is 11.9. The number of methoxy groups -OCH3 is 1. The van der Waals surface area contributed by atoms with Gasteiger partial charge in [0.1, 0.15) is 6.10 Å². The van der Waals surface area contributed by atoms with Crippen molar-refractivity contribution in [1.29, 1.82) is 0 Å². The van der Waals surface area contributed by atoms with Gasteiger partial charge >= 0.3 is 0 Å². The average Bonchev–Trinajstić information content (AvgIpc) is 2.19. The molecule has 1 aliphatic rings. The van der Waals surface area contributed by atoms with E-state index in [4.69, 9.17) is 32.7 Å². The topological polar surface area (TPSA) is 30.5 Å². The summed E-state index contributed by atoms with van der Waals surface area (Å²) in [7, 11) is 1.64. The molecule has 3 nitrogen and oxygen atoms in total. The first kappa shape index (κ1) is 10.9. The van der Waals surface area contributed by atoms with E-state index >= 15 is 0 Å². The summed E-state index contributed by atoms with van der Waals surface area (Å²) in [5, 5.41) is 4.32. The molecule has 0 spiro atoms. The highest BCUT2D eigenvalue weighted by atomic mass is 35.5. The van der Waals surface area contributed by atoms with Crippen LogP contribution in [0.15, 0.2) is 12.1 Å². The summed E-state index contributed by atoms with van der Waals surface area (Å²) in [6.07, 6.45) is -0.0128. The van der Waals surface area contributed by atoms with E-state index in [-0.39, 0.29) is 6.10 Å². The average molecular weight is 248 g/mol. The molecule has 2 rings (SSSR count). The molecular formula is C10H11Cl2NO2. The van der Waals surface area contributed by atoms with Gasteiger partial charge in [0.15, 0.2) is 5.75 Å². The van der Waals surface area contributed by atoms with Crippen LogP contribution in [0.1, 0.15) is 0 Å². The molecule has 15 heavy (non-hydrogen) atoms. The lowest BCUT2D eigenvalue weighted by Gasteiger charge is -2.27. The summed E-state index contributed by atoms with van der Waals surface area (Å²) in [6, 6.07) is 3.46. The van der Waals surface area contributed by atoms with E-state index < -0.39 is 0 Å². The van der Waals surface area contributed by atoms with Gasteiger partial charge in [-0.3, -0.25) is 0 Å². The van der Waals surface area contributed by atoms with Crippen LogP contribution in [-0.2, 0) is 4.74 Å². The van der Waals surface area contributed by atoms with Gasteiger partial charge in [-0.05, 0) is 12.1 Å². The van der Waals surface area contributed by atoms with Gasteiger partial charge < -0.3 is 14.8 Å². The second-order valence-corrected chi connectivity index (χ2v) is 4.18. The van der Waals surface area contributed by atoms with Crippen LogP contribution in [0.2, 0.25) is 10.0 Å². The van der Waals surface area contributed by atoms with Gasteiger partial charge in [0.05, 0.1) is 23.9 Å². The minimum atomic E-state index is -0.0128. The van der Waals surface area contributed by atoms with Crippen LogP contribution in [-0.4, -0.2) is 26.4 Å². The fourth-order valence-electron chi connectivity index (χ4n) is 1.52. The molecule has 0 bridgehead atoms. The Morgan fingerprint density at radius 1 is 1.53 bits per heavy atom. The van der Waals surface area contributed by atoms with E-state index in [0.29, 0.717) is 28.9 Å². The number of ether oxygens (including phenoxy) is 2. The number of hydrogen-bond donors (Lipinski definition) is 1. The third-order valence-corrected chi connectivity index (χ3v) is 2.66. The maximum atomic E-state index is 6.02. The lowest BCUT2D eigenvalue weighted by molar-refractivity contribution is 0.0848. The van der Waals surface area contributed by atoms with Crippen molar-refractivity contribution in [3.63, 3.8) is 0 Å². The Hall–Kier alpha value is -0.640. The first-order chi connectivity index (χ1) is 7.20. The molecule has 0 saturated carbocycles. The van der Waals surface area contributed by atoms with E-state index in [0.717, 1.165) is 5.69 Å². The van der Waals surface area contributed by atoms with Crippen LogP contribution in [0.3, 0.4) is 0 Å². The Morgan fingerprint density at radius 3 is 3.07 bits per heavy atom. The quantitative estimate of drug-likeness (QED) is 0.872. The molecule has 82 valence electrons. The van der Waals surface area contributed by atoms with E-state index in [1.165, 1.54) is 0 Å². The molecule has 0 fully saturated rings. The summed E-state index contributed by atoms with van der Waals surface area (Å²) in [5.74, 6) is 0.648. The van der Waals surface area contributed by atoms with Gasteiger partial charge in [0.25, 0.3) is 0 Å². The molecule has 0 saturated heterocycles. The van der Waals surface area contributed by atoms with E-state index in [9.17, 15) is 0 Å². The van der Waals surface area contributed by atoms with Gasteiger partial charge in [0, 0.05) is 12.1 Å². The van der Waals surface area contributed by atoms with Crippen LogP contribution < -0.4 is 10.1 Å². The highest BCUT2D eigenvalue weighted by Crippen LogP contribution is 2.38. The first-order valence-corrected chi connectivity index (χ1v) is 5.35. The van der Waals surface area contributed by atoms with Crippen LogP contribution in [0.4, 0.5) is 5.69 Å². The molecule has 5 heteroatoms. The number of fused-ring (bicyclic) bond motifs is 1. The van der Waals surface area contributed by atoms with Crippen LogP contribution in [0.5, 0.6) is 5.75 Å². The van der Waals surface area contributed by atoms with E-state index in [1.807, 2.05) is 0 Å². The Labute approximate surface area is 98.3 Å². The van der Waals surface area contributed by atoms with E-state index in [1.54, 1.807) is 19.2 Å². The van der Waals surface area contributed by atoms with Crippen molar-refractivity contribution in [3.8, 4) is 5.75 Å². The van der Waals surface area contributed by atoms with Crippen molar-refractivity contribution in [3.05, 3.63) is 22.2 Å². The summed E-state index contributed by atoms with van der Waals surface area (Å²) in [4.78, 5) is 0. The highest BCUT2D eigenvalue weighted by molar-refractivity contribution is 6.36. The zero-order valence-electron chi connectivity index (χ0n) is 8.22. The van der Waals surface area contributed by atoms with Gasteiger partial charge in [-0.2, -0.15) is 0 Å². The number of anilines is 1. The van der Waals surface area contributed by atoms with Crippen LogP contribution in [0.25, 0.3) is 0 Å². The summed E-state index contributed by atoms with van der Waals surface area (Å²) in [5.41, 5.74) is 0.833. The van der Waals surface area contributed by atoms with Gasteiger partial charge in [-0.15, -0.1) is 0 Å². The summed E-state index contributed by atoms with van der Waals surface area (Å²) < 4.78 is 10.7. The molecule has 0 amide bonds. The van der Waals surface area contributed by atoms with Crippen molar-refractivity contribution in [1.82, 2.24) is 0 Å². The molecule has 1 unspecified atom stereocenters. The van der Waals surface area contributed by atoms with Crippen molar-refractivity contribution < 1.29 is 9.47 Å². The molecular weight excluding hydrogens is 237 g/mol. The van der Waals surface area contributed by atoms with Crippen LogP contribution in [0, 0.1) is 0 Å². The SMILES string of the molecule is COCC1CNc2cc(Cl)cc(Cl)c2O1. The van der Waals surface area contributed by atoms with Crippen molar-refractivity contribution >= 4 is 28.9 Å². The molecule has 1 aromatic rings. The largest absolute Gasteiger partial charge is 0.482 e. The third-order valence-electron chi connectivity index (χ3n) is 2.17. The maximum Gasteiger partial charge on any atom is 0.161 e. The smallest absolute Gasteiger partial charge is 0.161 e. The maximum absolute atomic E-state index is 6.02. The Morgan fingerprint density at radius 2 is 2.33 bits per heavy atom. The number of rotatable bonds is 2. The normalized spacial score (nSPS) is 19.0. The number of nitrogens with one attached hydrogen (secondary N) is 1. The molecule has 1 N–H and O–H groups in total. The predicted molar refractivity (Wildman–Crippen MR) is 61.2 cm³/mol. The molecule has 0 aromatic heterocycles. The Kier molecular flexibility index (Phi) is 3.24. The zero-order chi connectivity index (χ0) is 10.8. The molecule has 1 heterocycles. The minimum Gasteiger partial charge on any atom is -0.482 e. The second kappa shape index (κ2) is 4.47. The number of benzene rings is 1. The molecule has 0 aliphatic carbocycles. The molecule has 1 atom stereocenters. The molecule has 1 aliphatic heterocycles. The van der Waals surface area contributed by atoms with Gasteiger partial charge in [0.2, 0.25) is 0 Å². The van der Waals surface area contributed by atoms with Gasteiger partial charge in [-0.1, -0.05) is 23.2 Å². The van der Waals surface area contributed by atoms with E-state index in [2.05, 4.69) is 5.32 Å². The Balaban J connectivity index is 2.25. The second-order valence-electron chi connectivity index (χ2n) is 3.34. The van der Waals surface area contributed by atoms with Crippen molar-refractivity contribution in [2.75, 3.05) is 25.6 Å². The standard InChI is InChI=1S/C10H11Cl2NO2/c1-14-5-7-4-13-9-3-6(11)2-8(12)10(9)15-7/h2-3,7,13H,4-5H2,1H3. The number of hydrogen-bond acceptors (Lipinski definition) is 3. The molecule has 1 aromatic carbocycles. The fourth-order valence-corrected chi connectivity index (χ4v) is 2.06. The fraction of sp³-hybridized carbons (Fsp3) is 0.400. The predicted octanol–water partition coefficient (Wildman–Crippen LogP) is 2.81. The van der Waals surface area contributed by atoms with Gasteiger partial charge in [-0.25, -0.2) is 0 Å². The third kappa shape index (κ3) is 2.30. The minimum absolute atomic E-state index is 0.0128. The lowest BCUT2D eigenvalue weighted by Crippen LogP contribution is -2.34. The van der Waals surface area contributed by atoms with Crippen molar-refractivity contribution in [2.45, 2.75) is 6.10 Å². The zero-order valence-corrected chi connectivity index (χ0v) is 9.73. The van der Waals surface area contributed by atoms with Crippen molar-refractivity contribution in [2.24, 2.45) is 0 Å². The lowest BCUT2D eigenvalue weighted by atomic mass is 10.2. The highest BCUT2D eigenvalue weighted by Gasteiger charge is 2.21. The Bertz CT molecular complexity index is 371. The van der Waals surface area contributed by atoms with Crippen LogP contribution >= 0.6 is 23.2 Å². The first-order valence-electron chi connectivity index (χ1n) is 4.59. The summed E-state index contributed by atoms with van der Waals surface area (Å²) in [6.45, 7) is 1.23.